The first kappa shape index (κ1) is 22.2. The number of amides is 2. The van der Waals surface area contributed by atoms with Crippen LogP contribution in [-0.4, -0.2) is 36.1 Å². The van der Waals surface area contributed by atoms with Gasteiger partial charge in [0.15, 0.2) is 11.4 Å². The van der Waals surface area contributed by atoms with Gasteiger partial charge in [-0.1, -0.05) is 29.3 Å². The lowest BCUT2D eigenvalue weighted by atomic mass is 9.99. The summed E-state index contributed by atoms with van der Waals surface area (Å²) >= 11 is 12.3. The monoisotopic (exact) mass is 478 g/mol. The molecule has 168 valence electrons. The molecule has 0 bridgehead atoms. The predicted octanol–water partition coefficient (Wildman–Crippen LogP) is 5.42. The summed E-state index contributed by atoms with van der Waals surface area (Å²) in [6.45, 7) is 2.75. The fourth-order valence-electron chi connectivity index (χ4n) is 3.75. The fraction of sp³-hybridized carbons (Fsp3) is 0.273. The number of rotatable bonds is 4. The zero-order valence-electron chi connectivity index (χ0n) is 17.4. The number of carbonyl (C=O) groups excluding carboxylic acids is 1. The molecule has 2 aromatic heterocycles. The number of halogens is 3. The van der Waals surface area contributed by atoms with Crippen molar-refractivity contribution >= 4 is 51.6 Å². The molecule has 0 fully saturated rings. The van der Waals surface area contributed by atoms with Crippen molar-refractivity contribution in [2.45, 2.75) is 19.4 Å². The number of fused-ring (bicyclic) bond motifs is 1. The van der Waals surface area contributed by atoms with Crippen LogP contribution < -0.4 is 15.8 Å². The minimum atomic E-state index is -0.719. The number of aromatic nitrogens is 1. The first-order valence-electron chi connectivity index (χ1n) is 9.93. The summed E-state index contributed by atoms with van der Waals surface area (Å²) in [7, 11) is 1.61. The number of carbonyl (C=O) groups is 1. The molecule has 3 aromatic rings. The zero-order valence-corrected chi connectivity index (χ0v) is 18.9. The first-order valence-corrected chi connectivity index (χ1v) is 10.7. The molecular formula is C22H21Cl2FN4O3. The quantitative estimate of drug-likeness (QED) is 0.487. The van der Waals surface area contributed by atoms with Gasteiger partial charge in [-0.05, 0) is 31.1 Å². The van der Waals surface area contributed by atoms with Gasteiger partial charge in [-0.25, -0.2) is 14.2 Å². The van der Waals surface area contributed by atoms with Gasteiger partial charge in [0.05, 0.1) is 16.7 Å². The number of furan rings is 1. The number of pyridine rings is 1. The van der Waals surface area contributed by atoms with E-state index in [9.17, 15) is 9.18 Å². The number of nitrogen functional groups attached to an aromatic ring is 1. The SMILES string of the molecule is CNC(=O)N1CC=C(c2coc3c(OC(C)c4c(Cl)ccc(F)c4Cl)c(N)ncc23)CC1. The van der Waals surface area contributed by atoms with Crippen molar-refractivity contribution in [3.63, 3.8) is 0 Å². The number of anilines is 1. The summed E-state index contributed by atoms with van der Waals surface area (Å²) in [5, 5.41) is 3.51. The highest BCUT2D eigenvalue weighted by Gasteiger charge is 2.24. The van der Waals surface area contributed by atoms with E-state index >= 15 is 0 Å². The summed E-state index contributed by atoms with van der Waals surface area (Å²) in [6.07, 6.45) is 5.16. The number of nitrogens with zero attached hydrogens (tertiary/aromatic N) is 2. The standard InChI is InChI=1S/C22H21Cl2FN4O3/c1-11(17-15(23)3-4-16(25)18(17)24)32-20-19-13(9-28-21(20)26)14(10-31-19)12-5-7-29(8-6-12)22(30)27-2/h3-5,9-11H,6-8H2,1-2H3,(H2,26,28)(H,27,30). The average molecular weight is 479 g/mol. The van der Waals surface area contributed by atoms with Crippen LogP contribution in [0.15, 0.2) is 35.1 Å². The largest absolute Gasteiger partial charge is 0.478 e. The molecule has 0 saturated carbocycles. The van der Waals surface area contributed by atoms with Gasteiger partial charge in [-0.2, -0.15) is 0 Å². The van der Waals surface area contributed by atoms with Gasteiger partial charge >= 0.3 is 6.03 Å². The second kappa shape index (κ2) is 8.88. The minimum Gasteiger partial charge on any atom is -0.478 e. The molecule has 0 saturated heterocycles. The molecule has 2 amide bonds. The van der Waals surface area contributed by atoms with Crippen molar-refractivity contribution < 1.29 is 18.3 Å². The van der Waals surface area contributed by atoms with Gasteiger partial charge in [0, 0.05) is 42.5 Å². The van der Waals surface area contributed by atoms with Gasteiger partial charge in [-0.15, -0.1) is 0 Å². The number of urea groups is 1. The Kier molecular flexibility index (Phi) is 6.17. The summed E-state index contributed by atoms with van der Waals surface area (Å²) < 4.78 is 25.8. The molecule has 1 atom stereocenters. The number of benzene rings is 1. The molecule has 0 spiro atoms. The van der Waals surface area contributed by atoms with Crippen molar-refractivity contribution in [3.05, 3.63) is 57.7 Å². The van der Waals surface area contributed by atoms with E-state index in [1.807, 2.05) is 6.08 Å². The van der Waals surface area contributed by atoms with E-state index in [1.54, 1.807) is 31.3 Å². The van der Waals surface area contributed by atoms with Gasteiger partial charge in [0.1, 0.15) is 11.9 Å². The van der Waals surface area contributed by atoms with Crippen LogP contribution in [0.4, 0.5) is 15.0 Å². The second-order valence-corrected chi connectivity index (χ2v) is 8.15. The van der Waals surface area contributed by atoms with Gasteiger partial charge < -0.3 is 25.1 Å². The van der Waals surface area contributed by atoms with E-state index in [0.717, 1.165) is 16.5 Å². The average Bonchev–Trinajstić information content (AvgIpc) is 3.22. The number of nitrogens with one attached hydrogen (secondary N) is 1. The van der Waals surface area contributed by atoms with E-state index in [0.29, 0.717) is 30.7 Å². The Morgan fingerprint density at radius 2 is 2.19 bits per heavy atom. The Morgan fingerprint density at radius 3 is 2.88 bits per heavy atom. The Morgan fingerprint density at radius 1 is 1.41 bits per heavy atom. The Balaban J connectivity index is 1.67. The number of hydrogen-bond donors (Lipinski definition) is 2. The highest BCUT2D eigenvalue weighted by molar-refractivity contribution is 6.36. The summed E-state index contributed by atoms with van der Waals surface area (Å²) in [6, 6.07) is 2.49. The lowest BCUT2D eigenvalue weighted by molar-refractivity contribution is 0.205. The van der Waals surface area contributed by atoms with Gasteiger partial charge in [0.25, 0.3) is 0 Å². The Hall–Kier alpha value is -2.97. The van der Waals surface area contributed by atoms with Crippen LogP contribution in [0.25, 0.3) is 16.5 Å². The van der Waals surface area contributed by atoms with Crippen LogP contribution in [0.5, 0.6) is 5.75 Å². The van der Waals surface area contributed by atoms with Gasteiger partial charge in [-0.3, -0.25) is 0 Å². The third-order valence-corrected chi connectivity index (χ3v) is 6.15. The van der Waals surface area contributed by atoms with Crippen molar-refractivity contribution in [1.82, 2.24) is 15.2 Å². The Labute approximate surface area is 193 Å². The molecule has 1 aliphatic heterocycles. The maximum absolute atomic E-state index is 14.0. The van der Waals surface area contributed by atoms with Crippen LogP contribution in [0.3, 0.4) is 0 Å². The number of nitrogens with two attached hydrogens (primary N) is 1. The maximum atomic E-state index is 14.0. The van der Waals surface area contributed by atoms with Crippen molar-refractivity contribution in [2.24, 2.45) is 0 Å². The summed E-state index contributed by atoms with van der Waals surface area (Å²) in [5.74, 6) is -0.250. The molecule has 3 heterocycles. The van der Waals surface area contributed by atoms with E-state index in [4.69, 9.17) is 38.1 Å². The molecule has 1 aromatic carbocycles. The third-order valence-electron chi connectivity index (χ3n) is 5.44. The van der Waals surface area contributed by atoms with Crippen molar-refractivity contribution in [2.75, 3.05) is 25.9 Å². The predicted molar refractivity (Wildman–Crippen MR) is 123 cm³/mol. The highest BCUT2D eigenvalue weighted by Crippen LogP contribution is 2.41. The lowest BCUT2D eigenvalue weighted by Gasteiger charge is -2.25. The molecule has 1 unspecified atom stereocenters. The van der Waals surface area contributed by atoms with Crippen LogP contribution in [0.2, 0.25) is 10.0 Å². The molecule has 32 heavy (non-hydrogen) atoms. The second-order valence-electron chi connectivity index (χ2n) is 7.36. The fourth-order valence-corrected chi connectivity index (χ4v) is 4.43. The van der Waals surface area contributed by atoms with Crippen LogP contribution in [0, 0.1) is 5.82 Å². The molecule has 4 rings (SSSR count). The smallest absolute Gasteiger partial charge is 0.317 e. The van der Waals surface area contributed by atoms with Crippen molar-refractivity contribution in [3.8, 4) is 5.75 Å². The zero-order chi connectivity index (χ0) is 23.0. The molecule has 0 radical (unpaired) electrons. The molecule has 10 heteroatoms. The molecule has 0 aliphatic carbocycles. The van der Waals surface area contributed by atoms with Crippen LogP contribution >= 0.6 is 23.2 Å². The normalized spacial score (nSPS) is 14.9. The topological polar surface area (TPSA) is 93.6 Å². The number of hydrogen-bond acceptors (Lipinski definition) is 5. The molecule has 3 N–H and O–H groups in total. The molecule has 1 aliphatic rings. The highest BCUT2D eigenvalue weighted by atomic mass is 35.5. The molecular weight excluding hydrogens is 458 g/mol. The lowest BCUT2D eigenvalue weighted by Crippen LogP contribution is -2.40. The van der Waals surface area contributed by atoms with E-state index in [-0.39, 0.29) is 27.6 Å². The summed E-state index contributed by atoms with van der Waals surface area (Å²) in [4.78, 5) is 17.8. The third kappa shape index (κ3) is 3.96. The van der Waals surface area contributed by atoms with Crippen molar-refractivity contribution in [1.29, 1.82) is 0 Å². The van der Waals surface area contributed by atoms with Crippen LogP contribution in [0.1, 0.15) is 30.6 Å². The minimum absolute atomic E-state index is 0.114. The Bertz CT molecular complexity index is 1230. The summed E-state index contributed by atoms with van der Waals surface area (Å²) in [5.41, 5.74) is 8.68. The first-order chi connectivity index (χ1) is 15.3. The van der Waals surface area contributed by atoms with E-state index < -0.39 is 11.9 Å². The van der Waals surface area contributed by atoms with Gasteiger partial charge in [0.2, 0.25) is 5.75 Å². The van der Waals surface area contributed by atoms with E-state index in [2.05, 4.69) is 10.3 Å². The van der Waals surface area contributed by atoms with E-state index in [1.165, 1.54) is 12.1 Å². The maximum Gasteiger partial charge on any atom is 0.317 e. The number of ether oxygens (including phenoxy) is 1. The molecule has 7 nitrogen and oxygen atoms in total. The van der Waals surface area contributed by atoms with Crippen LogP contribution in [-0.2, 0) is 0 Å².